The number of H-pyrrole nitrogens is 1. The molecular weight excluding hydrogens is 639 g/mol. The molecule has 3 fully saturated rings. The number of aliphatic hydroxyl groups excluding tert-OH is 1. The first-order valence-electron chi connectivity index (χ1n) is 16.8. The number of fused-ring (bicyclic) bond motifs is 5. The van der Waals surface area contributed by atoms with Gasteiger partial charge in [-0.05, 0) is 86.2 Å². The topological polar surface area (TPSA) is 123 Å². The number of hydrogen-bond donors (Lipinski definition) is 2. The van der Waals surface area contributed by atoms with E-state index >= 15 is 0 Å². The summed E-state index contributed by atoms with van der Waals surface area (Å²) in [7, 11) is 2.03. The summed E-state index contributed by atoms with van der Waals surface area (Å²) >= 11 is 0. The van der Waals surface area contributed by atoms with E-state index in [1.54, 1.807) is 26.6 Å². The minimum atomic E-state index is -1.30. The van der Waals surface area contributed by atoms with Crippen LogP contribution < -0.4 is 9.47 Å². The van der Waals surface area contributed by atoms with Crippen LogP contribution >= 0.6 is 0 Å². The molecule has 0 aliphatic carbocycles. The minimum Gasteiger partial charge on any atom is -0.497 e. The van der Waals surface area contributed by atoms with Crippen molar-refractivity contribution >= 4 is 32.7 Å². The SMILES string of the molecule is C=C[C@@H]1CN2CCC1C[C@@H]2C(O)c1ccnc2ccc(OC)cc12.COCCCOc1ccnc(CS(=O)c2nc3ccccc3[nH]2)c1C. The van der Waals surface area contributed by atoms with E-state index in [4.69, 9.17) is 14.2 Å². The molecule has 2 N–H and O–H groups in total. The van der Waals surface area contributed by atoms with Crippen molar-refractivity contribution in [3.05, 3.63) is 96.5 Å². The smallest absolute Gasteiger partial charge is 0.197 e. The van der Waals surface area contributed by atoms with Crippen LogP contribution in [-0.4, -0.2) is 80.7 Å². The van der Waals surface area contributed by atoms with Crippen LogP contribution in [0.3, 0.4) is 0 Å². The molecule has 258 valence electrons. The number of aromatic amines is 1. The summed E-state index contributed by atoms with van der Waals surface area (Å²) in [5, 5.41) is 12.6. The van der Waals surface area contributed by atoms with Gasteiger partial charge in [0, 0.05) is 56.1 Å². The molecule has 8 rings (SSSR count). The monoisotopic (exact) mass is 683 g/mol. The number of ether oxygens (including phenoxy) is 3. The fourth-order valence-electron chi connectivity index (χ4n) is 6.92. The summed E-state index contributed by atoms with van der Waals surface area (Å²) in [6, 6.07) is 17.4. The Morgan fingerprint density at radius 3 is 2.69 bits per heavy atom. The zero-order chi connectivity index (χ0) is 34.3. The highest BCUT2D eigenvalue weighted by atomic mass is 32.2. The maximum absolute atomic E-state index is 12.7. The Morgan fingerprint density at radius 1 is 1.10 bits per heavy atom. The Morgan fingerprint density at radius 2 is 1.94 bits per heavy atom. The molecule has 5 aromatic rings. The Hall–Kier alpha value is -4.16. The second-order valence-corrected chi connectivity index (χ2v) is 14.0. The van der Waals surface area contributed by atoms with Crippen LogP contribution in [0.2, 0.25) is 0 Å². The molecule has 3 saturated heterocycles. The normalized spacial score (nSPS) is 21.1. The van der Waals surface area contributed by atoms with Gasteiger partial charge in [-0.15, -0.1) is 6.58 Å². The number of aliphatic hydroxyl groups is 1. The fraction of sp³-hybridized carbons (Fsp3) is 0.395. The average molecular weight is 684 g/mol. The zero-order valence-electron chi connectivity index (χ0n) is 28.4. The molecule has 6 atom stereocenters. The summed E-state index contributed by atoms with van der Waals surface area (Å²) in [5.74, 6) is 3.07. The van der Waals surface area contributed by atoms with Crippen molar-refractivity contribution in [1.82, 2.24) is 24.8 Å². The lowest BCUT2D eigenvalue weighted by Gasteiger charge is -2.50. The first kappa shape index (κ1) is 34.7. The van der Waals surface area contributed by atoms with E-state index in [0.29, 0.717) is 36.0 Å². The van der Waals surface area contributed by atoms with E-state index in [9.17, 15) is 9.32 Å². The number of para-hydroxylation sites is 2. The van der Waals surface area contributed by atoms with Gasteiger partial charge >= 0.3 is 0 Å². The van der Waals surface area contributed by atoms with Crippen LogP contribution in [0.1, 0.15) is 42.2 Å². The van der Waals surface area contributed by atoms with Gasteiger partial charge in [-0.3, -0.25) is 19.1 Å². The van der Waals surface area contributed by atoms with E-state index in [1.807, 2.05) is 61.5 Å². The van der Waals surface area contributed by atoms with E-state index < -0.39 is 16.9 Å². The number of piperidine rings is 3. The molecule has 2 bridgehead atoms. The van der Waals surface area contributed by atoms with Crippen molar-refractivity contribution in [2.45, 2.75) is 49.2 Å². The summed E-state index contributed by atoms with van der Waals surface area (Å²) in [4.78, 5) is 18.7. The number of imidazole rings is 1. The molecule has 10 nitrogen and oxygen atoms in total. The lowest BCUT2D eigenvalue weighted by atomic mass is 9.73. The number of nitrogens with one attached hydrogen (secondary N) is 1. The van der Waals surface area contributed by atoms with Crippen LogP contribution in [0.15, 0.2) is 84.8 Å². The van der Waals surface area contributed by atoms with E-state index in [-0.39, 0.29) is 6.04 Å². The average Bonchev–Trinajstić information content (AvgIpc) is 3.59. The van der Waals surface area contributed by atoms with Crippen LogP contribution in [0.5, 0.6) is 11.5 Å². The standard InChI is InChI=1S/C20H24N2O2.C18H21N3O3S/c1-3-13-12-22-9-7-14(13)10-19(22)20(23)16-6-8-21-18-5-4-15(24-2)11-17(16)18;1-13-16(19-9-8-17(13)24-11-5-10-23-2)12-25(22)18-20-14-6-3-4-7-15(14)21-18/h3-6,8,11,13-14,19-20,23H,1,7,9-10,12H2,2H3;3-4,6-9H,5,10-12H2,1-2H3,(H,20,21)/t13-,14?,19-,20?;/m1./s1. The van der Waals surface area contributed by atoms with Crippen molar-refractivity contribution in [2.75, 3.05) is 40.5 Å². The lowest BCUT2D eigenvalue weighted by Crippen LogP contribution is -2.54. The first-order valence-corrected chi connectivity index (χ1v) is 18.1. The van der Waals surface area contributed by atoms with Gasteiger partial charge in [-0.2, -0.15) is 0 Å². The predicted molar refractivity (Wildman–Crippen MR) is 192 cm³/mol. The Kier molecular flexibility index (Phi) is 11.4. The quantitative estimate of drug-likeness (QED) is 0.118. The van der Waals surface area contributed by atoms with Crippen molar-refractivity contribution < 1.29 is 23.5 Å². The van der Waals surface area contributed by atoms with Crippen LogP contribution in [0, 0.1) is 18.8 Å². The first-order chi connectivity index (χ1) is 23.9. The highest BCUT2D eigenvalue weighted by Gasteiger charge is 2.42. The molecule has 0 spiro atoms. The second-order valence-electron chi connectivity index (χ2n) is 12.6. The molecule has 3 aliphatic heterocycles. The van der Waals surface area contributed by atoms with Gasteiger partial charge in [0.05, 0.1) is 58.6 Å². The molecule has 11 heteroatoms. The van der Waals surface area contributed by atoms with Gasteiger partial charge in [-0.1, -0.05) is 18.2 Å². The third-order valence-electron chi connectivity index (χ3n) is 9.68. The van der Waals surface area contributed by atoms with Crippen LogP contribution in [-0.2, 0) is 21.3 Å². The van der Waals surface area contributed by atoms with Gasteiger partial charge < -0.3 is 24.3 Å². The fourth-order valence-corrected chi connectivity index (χ4v) is 8.02. The number of rotatable bonds is 12. The van der Waals surface area contributed by atoms with Gasteiger partial charge in [0.2, 0.25) is 0 Å². The molecule has 49 heavy (non-hydrogen) atoms. The Labute approximate surface area is 290 Å². The highest BCUT2D eigenvalue weighted by molar-refractivity contribution is 7.84. The largest absolute Gasteiger partial charge is 0.497 e. The lowest BCUT2D eigenvalue weighted by molar-refractivity contribution is -0.0444. The van der Waals surface area contributed by atoms with Crippen LogP contribution in [0.4, 0.5) is 0 Å². The van der Waals surface area contributed by atoms with Gasteiger partial charge in [-0.25, -0.2) is 4.98 Å². The molecule has 0 radical (unpaired) electrons. The maximum Gasteiger partial charge on any atom is 0.197 e. The summed E-state index contributed by atoms with van der Waals surface area (Å²) in [5.41, 5.74) is 5.20. The summed E-state index contributed by atoms with van der Waals surface area (Å²) < 4.78 is 28.8. The third-order valence-corrected chi connectivity index (χ3v) is 10.8. The third kappa shape index (κ3) is 7.86. The molecule has 0 saturated carbocycles. The van der Waals surface area contributed by atoms with Crippen molar-refractivity contribution in [2.24, 2.45) is 11.8 Å². The number of nitrogens with zero attached hydrogens (tertiary/aromatic N) is 4. The molecule has 2 aromatic carbocycles. The summed E-state index contributed by atoms with van der Waals surface area (Å²) in [6.07, 6.45) is 8.12. The van der Waals surface area contributed by atoms with Gasteiger partial charge in [0.15, 0.2) is 5.16 Å². The van der Waals surface area contributed by atoms with Crippen molar-refractivity contribution in [3.63, 3.8) is 0 Å². The van der Waals surface area contributed by atoms with Gasteiger partial charge in [0.25, 0.3) is 0 Å². The molecule has 4 unspecified atom stereocenters. The predicted octanol–water partition coefficient (Wildman–Crippen LogP) is 6.16. The number of methoxy groups -OCH3 is 2. The Balaban J connectivity index is 0.000000170. The molecule has 6 heterocycles. The van der Waals surface area contributed by atoms with Crippen molar-refractivity contribution in [1.29, 1.82) is 0 Å². The van der Waals surface area contributed by atoms with Crippen molar-refractivity contribution in [3.8, 4) is 11.5 Å². The number of pyridine rings is 2. The Bertz CT molecular complexity index is 1880. The number of benzene rings is 2. The van der Waals surface area contributed by atoms with Crippen LogP contribution in [0.25, 0.3) is 21.9 Å². The highest BCUT2D eigenvalue weighted by Crippen LogP contribution is 2.42. The molecule has 3 aromatic heterocycles. The molecule has 3 aliphatic rings. The summed E-state index contributed by atoms with van der Waals surface area (Å²) in [6.45, 7) is 9.24. The van der Waals surface area contributed by atoms with E-state index in [0.717, 1.165) is 76.2 Å². The molecule has 0 amide bonds. The minimum absolute atomic E-state index is 0.178. The number of aromatic nitrogens is 4. The maximum atomic E-state index is 12.7. The second kappa shape index (κ2) is 16.0. The van der Waals surface area contributed by atoms with E-state index in [2.05, 4.69) is 37.5 Å². The van der Waals surface area contributed by atoms with Gasteiger partial charge in [0.1, 0.15) is 11.5 Å². The zero-order valence-corrected chi connectivity index (χ0v) is 29.2. The number of hydrogen-bond acceptors (Lipinski definition) is 9. The molecular formula is C38H45N5O5S. The van der Waals surface area contributed by atoms with E-state index in [1.165, 1.54) is 6.42 Å².